The number of methoxy groups -OCH3 is 1. The number of carbonyl (C=O) groups excluding carboxylic acids is 1. The van der Waals surface area contributed by atoms with Gasteiger partial charge in [-0.05, 0) is 38.0 Å². The first-order valence-electron chi connectivity index (χ1n) is 7.18. The highest BCUT2D eigenvalue weighted by Crippen LogP contribution is 2.12. The molecule has 0 radical (unpaired) electrons. The second-order valence-corrected chi connectivity index (χ2v) is 5.53. The van der Waals surface area contributed by atoms with Gasteiger partial charge in [-0.1, -0.05) is 12.1 Å². The van der Waals surface area contributed by atoms with Crippen LogP contribution in [0, 0.1) is 0 Å². The Bertz CT molecular complexity index is 430. The lowest BCUT2D eigenvalue weighted by atomic mass is 10.1. The van der Waals surface area contributed by atoms with Crippen LogP contribution < -0.4 is 11.1 Å². The molecule has 0 bridgehead atoms. The maximum atomic E-state index is 11.7. The Morgan fingerprint density at radius 1 is 1.24 bits per heavy atom. The van der Waals surface area contributed by atoms with Gasteiger partial charge in [0.2, 0.25) is 5.91 Å². The van der Waals surface area contributed by atoms with Gasteiger partial charge in [0.05, 0.1) is 18.6 Å². The number of rotatable bonds is 9. The fourth-order valence-corrected chi connectivity index (χ4v) is 1.63. The van der Waals surface area contributed by atoms with Crippen molar-refractivity contribution in [2.24, 2.45) is 5.73 Å². The Hall–Kier alpha value is -1.43. The predicted octanol–water partition coefficient (Wildman–Crippen LogP) is 2.31. The van der Waals surface area contributed by atoms with Gasteiger partial charge in [-0.15, -0.1) is 0 Å². The van der Waals surface area contributed by atoms with Crippen molar-refractivity contribution in [1.29, 1.82) is 0 Å². The number of amides is 1. The van der Waals surface area contributed by atoms with Gasteiger partial charge < -0.3 is 20.5 Å². The molecule has 0 saturated heterocycles. The zero-order chi connectivity index (χ0) is 15.7. The monoisotopic (exact) mass is 294 g/mol. The van der Waals surface area contributed by atoms with Gasteiger partial charge in [0.25, 0.3) is 0 Å². The van der Waals surface area contributed by atoms with E-state index in [-0.39, 0.29) is 11.5 Å². The standard InChI is InChI=1S/C16H26N2O3/c1-16(2,20-3)9-11-21-10-8-15(19)18-14-6-4-13(12-17)5-7-14/h4-7H,8-12,17H2,1-3H3,(H,18,19). The van der Waals surface area contributed by atoms with Gasteiger partial charge in [-0.2, -0.15) is 0 Å². The van der Waals surface area contributed by atoms with E-state index >= 15 is 0 Å². The number of carbonyl (C=O) groups is 1. The average Bonchev–Trinajstić information content (AvgIpc) is 2.47. The Morgan fingerprint density at radius 3 is 2.48 bits per heavy atom. The molecule has 0 aliphatic rings. The molecule has 5 nitrogen and oxygen atoms in total. The molecule has 1 rings (SSSR count). The largest absolute Gasteiger partial charge is 0.381 e. The minimum Gasteiger partial charge on any atom is -0.381 e. The first-order valence-corrected chi connectivity index (χ1v) is 7.18. The Morgan fingerprint density at radius 2 is 1.90 bits per heavy atom. The molecular formula is C16H26N2O3. The first-order chi connectivity index (χ1) is 9.96. The fraction of sp³-hybridized carbons (Fsp3) is 0.562. The summed E-state index contributed by atoms with van der Waals surface area (Å²) in [5.41, 5.74) is 7.15. The van der Waals surface area contributed by atoms with E-state index in [1.807, 2.05) is 38.1 Å². The number of hydrogen-bond donors (Lipinski definition) is 2. The van der Waals surface area contributed by atoms with Crippen LogP contribution in [0.2, 0.25) is 0 Å². The lowest BCUT2D eigenvalue weighted by Gasteiger charge is -2.22. The molecule has 118 valence electrons. The molecule has 0 aliphatic carbocycles. The molecule has 0 atom stereocenters. The summed E-state index contributed by atoms with van der Waals surface area (Å²) in [7, 11) is 1.68. The minimum absolute atomic E-state index is 0.0542. The summed E-state index contributed by atoms with van der Waals surface area (Å²) in [6.45, 7) is 5.51. The summed E-state index contributed by atoms with van der Waals surface area (Å²) in [6, 6.07) is 7.50. The summed E-state index contributed by atoms with van der Waals surface area (Å²) in [5, 5.41) is 2.83. The molecule has 0 aromatic heterocycles. The normalized spacial score (nSPS) is 11.4. The van der Waals surface area contributed by atoms with Gasteiger partial charge in [0, 0.05) is 25.9 Å². The fourth-order valence-electron chi connectivity index (χ4n) is 1.63. The maximum Gasteiger partial charge on any atom is 0.226 e. The first kappa shape index (κ1) is 17.6. The maximum absolute atomic E-state index is 11.7. The SMILES string of the molecule is COC(C)(C)CCOCCC(=O)Nc1ccc(CN)cc1. The summed E-state index contributed by atoms with van der Waals surface area (Å²) < 4.78 is 10.8. The third-order valence-corrected chi connectivity index (χ3v) is 3.35. The van der Waals surface area contributed by atoms with Crippen LogP contribution in [0.1, 0.15) is 32.3 Å². The zero-order valence-corrected chi connectivity index (χ0v) is 13.1. The average molecular weight is 294 g/mol. The lowest BCUT2D eigenvalue weighted by Crippen LogP contribution is -2.24. The number of anilines is 1. The number of nitrogens with two attached hydrogens (primary N) is 1. The van der Waals surface area contributed by atoms with Crippen LogP contribution in [-0.4, -0.2) is 31.8 Å². The summed E-state index contributed by atoms with van der Waals surface area (Å²) >= 11 is 0. The molecule has 5 heteroatoms. The van der Waals surface area contributed by atoms with E-state index < -0.39 is 0 Å². The van der Waals surface area contributed by atoms with Crippen LogP contribution in [-0.2, 0) is 20.8 Å². The summed E-state index contributed by atoms with van der Waals surface area (Å²) in [4.78, 5) is 11.7. The topological polar surface area (TPSA) is 73.6 Å². The predicted molar refractivity (Wildman–Crippen MR) is 84.1 cm³/mol. The molecule has 0 aliphatic heterocycles. The molecule has 3 N–H and O–H groups in total. The zero-order valence-electron chi connectivity index (χ0n) is 13.1. The molecule has 0 heterocycles. The molecular weight excluding hydrogens is 268 g/mol. The Kier molecular flexibility index (Phi) is 7.36. The van der Waals surface area contributed by atoms with Crippen molar-refractivity contribution in [3.8, 4) is 0 Å². The smallest absolute Gasteiger partial charge is 0.226 e. The minimum atomic E-state index is -0.188. The van der Waals surface area contributed by atoms with Crippen LogP contribution >= 0.6 is 0 Å². The van der Waals surface area contributed by atoms with Crippen LogP contribution in [0.15, 0.2) is 24.3 Å². The second-order valence-electron chi connectivity index (χ2n) is 5.53. The highest BCUT2D eigenvalue weighted by atomic mass is 16.5. The van der Waals surface area contributed by atoms with Crippen molar-refractivity contribution in [3.63, 3.8) is 0 Å². The van der Waals surface area contributed by atoms with Crippen molar-refractivity contribution in [1.82, 2.24) is 0 Å². The molecule has 21 heavy (non-hydrogen) atoms. The molecule has 0 saturated carbocycles. The highest BCUT2D eigenvalue weighted by Gasteiger charge is 2.15. The highest BCUT2D eigenvalue weighted by molar-refractivity contribution is 5.90. The van der Waals surface area contributed by atoms with E-state index in [2.05, 4.69) is 5.32 Å². The Balaban J connectivity index is 2.19. The summed E-state index contributed by atoms with van der Waals surface area (Å²) in [5.74, 6) is -0.0542. The van der Waals surface area contributed by atoms with Crippen LogP contribution in [0.3, 0.4) is 0 Å². The number of nitrogens with one attached hydrogen (secondary N) is 1. The molecule has 1 aromatic rings. The third-order valence-electron chi connectivity index (χ3n) is 3.35. The molecule has 0 fully saturated rings. The van der Waals surface area contributed by atoms with Gasteiger partial charge in [-0.3, -0.25) is 4.79 Å². The third kappa shape index (κ3) is 7.22. The number of hydrogen-bond acceptors (Lipinski definition) is 4. The quantitative estimate of drug-likeness (QED) is 0.685. The van der Waals surface area contributed by atoms with Crippen molar-refractivity contribution in [2.45, 2.75) is 38.8 Å². The van der Waals surface area contributed by atoms with Gasteiger partial charge in [0.1, 0.15) is 0 Å². The lowest BCUT2D eigenvalue weighted by molar-refractivity contribution is -0.117. The van der Waals surface area contributed by atoms with E-state index in [1.165, 1.54) is 0 Å². The molecule has 1 aromatic carbocycles. The van der Waals surface area contributed by atoms with E-state index in [0.29, 0.717) is 26.2 Å². The van der Waals surface area contributed by atoms with Gasteiger partial charge in [0.15, 0.2) is 0 Å². The van der Waals surface area contributed by atoms with Crippen molar-refractivity contribution in [2.75, 3.05) is 25.6 Å². The van der Waals surface area contributed by atoms with E-state index in [0.717, 1.165) is 17.7 Å². The van der Waals surface area contributed by atoms with Crippen LogP contribution in [0.5, 0.6) is 0 Å². The molecule has 0 unspecified atom stereocenters. The van der Waals surface area contributed by atoms with Crippen LogP contribution in [0.25, 0.3) is 0 Å². The second kappa shape index (κ2) is 8.77. The molecule has 1 amide bonds. The van der Waals surface area contributed by atoms with Gasteiger partial charge >= 0.3 is 0 Å². The summed E-state index contributed by atoms with van der Waals surface area (Å²) in [6.07, 6.45) is 1.14. The Labute approximate surface area is 126 Å². The van der Waals surface area contributed by atoms with Crippen molar-refractivity contribution < 1.29 is 14.3 Å². The van der Waals surface area contributed by atoms with E-state index in [4.69, 9.17) is 15.2 Å². The number of benzene rings is 1. The van der Waals surface area contributed by atoms with Crippen molar-refractivity contribution >= 4 is 11.6 Å². The van der Waals surface area contributed by atoms with Crippen molar-refractivity contribution in [3.05, 3.63) is 29.8 Å². The molecule has 0 spiro atoms. The van der Waals surface area contributed by atoms with E-state index in [9.17, 15) is 4.79 Å². The van der Waals surface area contributed by atoms with E-state index in [1.54, 1.807) is 7.11 Å². The number of ether oxygens (including phenoxy) is 2. The van der Waals surface area contributed by atoms with Crippen LogP contribution in [0.4, 0.5) is 5.69 Å². The van der Waals surface area contributed by atoms with Gasteiger partial charge in [-0.25, -0.2) is 0 Å².